The molecule has 0 unspecified atom stereocenters. The van der Waals surface area contributed by atoms with Gasteiger partial charge in [-0.05, 0) is 36.4 Å². The highest BCUT2D eigenvalue weighted by Crippen LogP contribution is 2.13. The molecule has 0 radical (unpaired) electrons. The summed E-state index contributed by atoms with van der Waals surface area (Å²) in [5.41, 5.74) is 0. The van der Waals surface area contributed by atoms with Gasteiger partial charge in [0.2, 0.25) is 0 Å². The van der Waals surface area contributed by atoms with Crippen molar-refractivity contribution in [1.82, 2.24) is 4.90 Å². The third-order valence-electron chi connectivity index (χ3n) is 2.33. The molecule has 3 heteroatoms. The van der Waals surface area contributed by atoms with Crippen LogP contribution in [-0.2, 0) is 13.0 Å². The fourth-order valence-electron chi connectivity index (χ4n) is 1.50. The zero-order valence-electron chi connectivity index (χ0n) is 8.85. The van der Waals surface area contributed by atoms with Crippen LogP contribution in [0.5, 0.6) is 0 Å². The summed E-state index contributed by atoms with van der Waals surface area (Å²) in [6, 6.07) is 8.66. The van der Waals surface area contributed by atoms with E-state index in [4.69, 9.17) is 0 Å². The van der Waals surface area contributed by atoms with E-state index in [2.05, 4.69) is 47.0 Å². The largest absolute Gasteiger partial charge is 0.301 e. The van der Waals surface area contributed by atoms with Gasteiger partial charge in [-0.1, -0.05) is 12.1 Å². The quantitative estimate of drug-likeness (QED) is 0.769. The Labute approximate surface area is 99.0 Å². The summed E-state index contributed by atoms with van der Waals surface area (Å²) in [6.07, 6.45) is 1.17. The van der Waals surface area contributed by atoms with Crippen LogP contribution in [0.25, 0.3) is 0 Å². The van der Waals surface area contributed by atoms with Gasteiger partial charge in [0, 0.05) is 22.8 Å². The summed E-state index contributed by atoms with van der Waals surface area (Å²) in [7, 11) is 2.19. The van der Waals surface area contributed by atoms with Crippen LogP contribution in [0.1, 0.15) is 9.75 Å². The monoisotopic (exact) mass is 237 g/mol. The minimum Gasteiger partial charge on any atom is -0.301 e. The molecule has 2 heterocycles. The lowest BCUT2D eigenvalue weighted by molar-refractivity contribution is 0.335. The summed E-state index contributed by atoms with van der Waals surface area (Å²) in [6.45, 7) is 2.21. The summed E-state index contributed by atoms with van der Waals surface area (Å²) < 4.78 is 0. The van der Waals surface area contributed by atoms with Gasteiger partial charge in [0.15, 0.2) is 0 Å². The highest BCUT2D eigenvalue weighted by molar-refractivity contribution is 7.10. The first-order valence-corrected chi connectivity index (χ1v) is 6.84. The van der Waals surface area contributed by atoms with Gasteiger partial charge in [0.05, 0.1) is 0 Å². The van der Waals surface area contributed by atoms with Crippen molar-refractivity contribution in [2.24, 2.45) is 0 Å². The van der Waals surface area contributed by atoms with E-state index in [-0.39, 0.29) is 0 Å². The van der Waals surface area contributed by atoms with E-state index in [1.54, 1.807) is 0 Å². The highest BCUT2D eigenvalue weighted by atomic mass is 32.1. The van der Waals surface area contributed by atoms with Crippen molar-refractivity contribution in [3.8, 4) is 0 Å². The molecule has 0 atom stereocenters. The topological polar surface area (TPSA) is 3.24 Å². The average Bonchev–Trinajstić information content (AvgIpc) is 2.86. The third kappa shape index (κ3) is 3.45. The van der Waals surface area contributed by atoms with Gasteiger partial charge >= 0.3 is 0 Å². The lowest BCUT2D eigenvalue weighted by atomic mass is 10.3. The van der Waals surface area contributed by atoms with E-state index in [0.717, 1.165) is 13.1 Å². The molecule has 2 rings (SSSR count). The molecule has 0 aliphatic carbocycles. The molecule has 0 saturated carbocycles. The molecule has 0 saturated heterocycles. The van der Waals surface area contributed by atoms with Crippen molar-refractivity contribution >= 4 is 22.7 Å². The van der Waals surface area contributed by atoms with E-state index >= 15 is 0 Å². The zero-order chi connectivity index (χ0) is 10.5. The molecule has 0 bridgehead atoms. The molecule has 2 aromatic rings. The number of hydrogen-bond acceptors (Lipinski definition) is 3. The first-order chi connectivity index (χ1) is 7.34. The first-order valence-electron chi connectivity index (χ1n) is 5.08. The van der Waals surface area contributed by atoms with Gasteiger partial charge in [0.1, 0.15) is 0 Å². The predicted molar refractivity (Wildman–Crippen MR) is 68.7 cm³/mol. The molecular weight excluding hydrogens is 222 g/mol. The van der Waals surface area contributed by atoms with Crippen LogP contribution in [0.4, 0.5) is 0 Å². The van der Waals surface area contributed by atoms with Gasteiger partial charge in [-0.15, -0.1) is 22.7 Å². The normalized spacial score (nSPS) is 11.1. The molecule has 0 aliphatic rings. The Morgan fingerprint density at radius 3 is 2.33 bits per heavy atom. The van der Waals surface area contributed by atoms with E-state index in [0.29, 0.717) is 0 Å². The van der Waals surface area contributed by atoms with Crippen molar-refractivity contribution in [2.75, 3.05) is 13.6 Å². The molecule has 15 heavy (non-hydrogen) atoms. The molecular formula is C12H15NS2. The van der Waals surface area contributed by atoms with Gasteiger partial charge in [-0.25, -0.2) is 0 Å². The molecule has 0 spiro atoms. The molecule has 0 fully saturated rings. The Kier molecular flexibility index (Phi) is 3.94. The van der Waals surface area contributed by atoms with Crippen LogP contribution < -0.4 is 0 Å². The number of nitrogens with zero attached hydrogens (tertiary/aromatic N) is 1. The number of rotatable bonds is 5. The maximum atomic E-state index is 2.38. The molecule has 1 nitrogen and oxygen atoms in total. The van der Waals surface area contributed by atoms with Crippen molar-refractivity contribution in [2.45, 2.75) is 13.0 Å². The molecule has 0 N–H and O–H groups in total. The SMILES string of the molecule is CN(CCc1cccs1)Cc1cccs1. The number of thiophene rings is 2. The number of likely N-dealkylation sites (N-methyl/N-ethyl adjacent to an activating group) is 1. The molecule has 0 aliphatic heterocycles. The Bertz CT molecular complexity index is 364. The maximum absolute atomic E-state index is 2.38. The summed E-state index contributed by atoms with van der Waals surface area (Å²) in [4.78, 5) is 5.31. The summed E-state index contributed by atoms with van der Waals surface area (Å²) in [5.74, 6) is 0. The van der Waals surface area contributed by atoms with Crippen LogP contribution in [0.15, 0.2) is 35.0 Å². The first kappa shape index (κ1) is 10.9. The van der Waals surface area contributed by atoms with Gasteiger partial charge in [-0.3, -0.25) is 0 Å². The fraction of sp³-hybridized carbons (Fsp3) is 0.333. The lowest BCUT2D eigenvalue weighted by Crippen LogP contribution is -2.19. The van der Waals surface area contributed by atoms with E-state index < -0.39 is 0 Å². The predicted octanol–water partition coefficient (Wildman–Crippen LogP) is 3.48. The van der Waals surface area contributed by atoms with Crippen LogP contribution in [0.2, 0.25) is 0 Å². The van der Waals surface area contributed by atoms with Gasteiger partial charge in [-0.2, -0.15) is 0 Å². The highest BCUT2D eigenvalue weighted by Gasteiger charge is 2.01. The minimum absolute atomic E-state index is 1.07. The van der Waals surface area contributed by atoms with Crippen molar-refractivity contribution < 1.29 is 0 Å². The minimum atomic E-state index is 1.07. The Morgan fingerprint density at radius 2 is 1.73 bits per heavy atom. The lowest BCUT2D eigenvalue weighted by Gasteiger charge is -2.14. The van der Waals surface area contributed by atoms with E-state index in [9.17, 15) is 0 Å². The van der Waals surface area contributed by atoms with Crippen LogP contribution >= 0.6 is 22.7 Å². The Balaban J connectivity index is 1.76. The average molecular weight is 237 g/mol. The maximum Gasteiger partial charge on any atom is 0.0324 e. The molecule has 0 aromatic carbocycles. The second kappa shape index (κ2) is 5.45. The van der Waals surface area contributed by atoms with Crippen LogP contribution in [0, 0.1) is 0 Å². The fourth-order valence-corrected chi connectivity index (χ4v) is 2.99. The van der Waals surface area contributed by atoms with Crippen molar-refractivity contribution in [3.63, 3.8) is 0 Å². The molecule has 80 valence electrons. The summed E-state index contributed by atoms with van der Waals surface area (Å²) in [5, 5.41) is 4.29. The second-order valence-electron chi connectivity index (χ2n) is 3.65. The van der Waals surface area contributed by atoms with Crippen molar-refractivity contribution in [1.29, 1.82) is 0 Å². The van der Waals surface area contributed by atoms with Crippen LogP contribution in [-0.4, -0.2) is 18.5 Å². The van der Waals surface area contributed by atoms with E-state index in [1.807, 2.05) is 22.7 Å². The number of hydrogen-bond donors (Lipinski definition) is 0. The standard InChI is InChI=1S/C12H15NS2/c1-13(10-12-5-3-9-15-12)7-6-11-4-2-8-14-11/h2-5,8-9H,6-7,10H2,1H3. The van der Waals surface area contributed by atoms with E-state index in [1.165, 1.54) is 16.2 Å². The Hall–Kier alpha value is -0.640. The third-order valence-corrected chi connectivity index (χ3v) is 4.12. The Morgan fingerprint density at radius 1 is 1.07 bits per heavy atom. The summed E-state index contributed by atoms with van der Waals surface area (Å²) >= 11 is 3.68. The molecule has 2 aromatic heterocycles. The van der Waals surface area contributed by atoms with Crippen LogP contribution in [0.3, 0.4) is 0 Å². The van der Waals surface area contributed by atoms with Crippen molar-refractivity contribution in [3.05, 3.63) is 44.8 Å². The second-order valence-corrected chi connectivity index (χ2v) is 5.71. The van der Waals surface area contributed by atoms with Gasteiger partial charge in [0.25, 0.3) is 0 Å². The molecule has 0 amide bonds. The van der Waals surface area contributed by atoms with Gasteiger partial charge < -0.3 is 4.90 Å². The smallest absolute Gasteiger partial charge is 0.0324 e. The zero-order valence-corrected chi connectivity index (χ0v) is 10.5.